The van der Waals surface area contributed by atoms with E-state index in [1.807, 2.05) is 24.3 Å². The number of halogens is 4. The summed E-state index contributed by atoms with van der Waals surface area (Å²) in [7, 11) is 0. The van der Waals surface area contributed by atoms with Crippen molar-refractivity contribution in [3.8, 4) is 0 Å². The highest BCUT2D eigenvalue weighted by molar-refractivity contribution is 6.33. The Morgan fingerprint density at radius 3 is 2.17 bits per heavy atom. The van der Waals surface area contributed by atoms with Gasteiger partial charge in [0.15, 0.2) is 6.10 Å². The van der Waals surface area contributed by atoms with Gasteiger partial charge in [-0.25, -0.2) is 14.4 Å². The summed E-state index contributed by atoms with van der Waals surface area (Å²) < 4.78 is 58.6. The number of amides is 5. The van der Waals surface area contributed by atoms with Crippen molar-refractivity contribution in [2.24, 2.45) is 0 Å². The third-order valence-corrected chi connectivity index (χ3v) is 12.5. The van der Waals surface area contributed by atoms with Crippen LogP contribution in [-0.4, -0.2) is 143 Å². The number of rotatable bonds is 10. The van der Waals surface area contributed by atoms with Gasteiger partial charge in [0.05, 0.1) is 22.9 Å². The average molecular weight is 906 g/mol. The molecule has 5 amide bonds. The van der Waals surface area contributed by atoms with Crippen molar-refractivity contribution in [2.45, 2.75) is 115 Å². The van der Waals surface area contributed by atoms with Crippen LogP contribution >= 0.6 is 11.6 Å². The second kappa shape index (κ2) is 20.2. The van der Waals surface area contributed by atoms with Gasteiger partial charge in [-0.05, 0) is 102 Å². The maximum atomic E-state index is 14.3. The van der Waals surface area contributed by atoms with Crippen LogP contribution in [0.2, 0.25) is 5.02 Å². The Labute approximate surface area is 371 Å². The highest BCUT2D eigenvalue weighted by Crippen LogP contribution is 2.38. The number of nitrogens with one attached hydrogen (secondary N) is 1. The summed E-state index contributed by atoms with van der Waals surface area (Å²) >= 11 is 6.16. The van der Waals surface area contributed by atoms with Gasteiger partial charge >= 0.3 is 30.4 Å². The largest absolute Gasteiger partial charge is 0.459 e. The Balaban J connectivity index is 1.08. The molecule has 0 aliphatic carbocycles. The van der Waals surface area contributed by atoms with Gasteiger partial charge in [-0.2, -0.15) is 13.2 Å². The molecule has 3 saturated heterocycles. The fourth-order valence-electron chi connectivity index (χ4n) is 8.99. The molecule has 1 atom stereocenters. The van der Waals surface area contributed by atoms with Crippen molar-refractivity contribution in [3.05, 3.63) is 58.1 Å². The first-order chi connectivity index (χ1) is 29.8. The van der Waals surface area contributed by atoms with Gasteiger partial charge in [0.2, 0.25) is 0 Å². The number of urea groups is 1. The summed E-state index contributed by atoms with van der Waals surface area (Å²) in [5.74, 6) is -1.06. The monoisotopic (exact) mass is 905 g/mol. The van der Waals surface area contributed by atoms with Crippen molar-refractivity contribution >= 4 is 53.1 Å². The molecule has 15 nitrogen and oxygen atoms in total. The second-order valence-electron chi connectivity index (χ2n) is 17.6. The van der Waals surface area contributed by atoms with Crippen LogP contribution in [0.15, 0.2) is 36.4 Å². The third kappa shape index (κ3) is 12.2. The number of ether oxygens (including phenoxy) is 3. The molecule has 2 aromatic rings. The first kappa shape index (κ1) is 47.5. The molecule has 63 heavy (non-hydrogen) atoms. The lowest BCUT2D eigenvalue weighted by molar-refractivity contribution is -0.156. The van der Waals surface area contributed by atoms with Crippen molar-refractivity contribution in [3.63, 3.8) is 0 Å². The Morgan fingerprint density at radius 2 is 1.54 bits per heavy atom. The van der Waals surface area contributed by atoms with Gasteiger partial charge < -0.3 is 44.9 Å². The number of hydrogen-bond donors (Lipinski definition) is 2. The molecule has 0 aromatic heterocycles. The number of nitrogen functional groups attached to an aromatic ring is 1. The third-order valence-electron chi connectivity index (χ3n) is 12.2. The molecule has 4 heterocycles. The lowest BCUT2D eigenvalue weighted by atomic mass is 9.96. The molecule has 2 aromatic carbocycles. The molecule has 0 radical (unpaired) electrons. The van der Waals surface area contributed by atoms with Crippen molar-refractivity contribution in [2.75, 3.05) is 70.0 Å². The molecule has 0 bridgehead atoms. The Kier molecular flexibility index (Phi) is 15.3. The Hall–Kier alpha value is -4.97. The number of nitrogens with zero attached hydrogens (tertiary/aromatic N) is 5. The number of benzene rings is 2. The van der Waals surface area contributed by atoms with Crippen LogP contribution in [0.3, 0.4) is 0 Å². The van der Waals surface area contributed by atoms with E-state index in [0.717, 1.165) is 17.3 Å². The second-order valence-corrected chi connectivity index (χ2v) is 18.0. The minimum absolute atomic E-state index is 0.0286. The zero-order valence-corrected chi connectivity index (χ0v) is 37.1. The minimum atomic E-state index is -4.82. The van der Waals surface area contributed by atoms with E-state index in [1.165, 1.54) is 15.9 Å². The van der Waals surface area contributed by atoms with Crippen LogP contribution in [0.1, 0.15) is 82.9 Å². The van der Waals surface area contributed by atoms with Crippen LogP contribution in [0.5, 0.6) is 0 Å². The average Bonchev–Trinajstić information content (AvgIpc) is 3.40. The van der Waals surface area contributed by atoms with Crippen LogP contribution in [0.25, 0.3) is 0 Å². The lowest BCUT2D eigenvalue weighted by Crippen LogP contribution is -2.55. The van der Waals surface area contributed by atoms with Gasteiger partial charge in [0.25, 0.3) is 5.91 Å². The van der Waals surface area contributed by atoms with Crippen LogP contribution in [0, 0.1) is 0 Å². The zero-order chi connectivity index (χ0) is 45.6. The number of hydrogen-bond acceptors (Lipinski definition) is 10. The van der Waals surface area contributed by atoms with E-state index >= 15 is 0 Å². The Bertz CT molecular complexity index is 1980. The number of para-hydroxylation sites is 1. The fraction of sp³-hybridized carbons (Fsp3) is 0.614. The molecule has 4 aliphatic rings. The van der Waals surface area contributed by atoms with E-state index in [9.17, 15) is 37.1 Å². The van der Waals surface area contributed by atoms with Gasteiger partial charge in [0, 0.05) is 76.0 Å². The number of nitrogens with two attached hydrogens (primary N) is 1. The molecule has 19 heteroatoms. The highest BCUT2D eigenvalue weighted by atomic mass is 35.5. The minimum Gasteiger partial charge on any atom is -0.459 e. The number of piperidine rings is 3. The first-order valence-electron chi connectivity index (χ1n) is 21.8. The summed E-state index contributed by atoms with van der Waals surface area (Å²) in [5.41, 5.74) is 5.04. The van der Waals surface area contributed by atoms with Gasteiger partial charge in [-0.15, -0.1) is 0 Å². The molecule has 4 aliphatic heterocycles. The van der Waals surface area contributed by atoms with E-state index in [2.05, 4.69) is 10.2 Å². The highest BCUT2D eigenvalue weighted by Gasteiger charge is 2.40. The summed E-state index contributed by atoms with van der Waals surface area (Å²) in [6.45, 7) is 9.83. The SMILES string of the molecule is CCOC(=O)N(CC(=O)OC(C)(C)C)C1CCN(C2CCN(C(=O)[C@@H](Cc3cc(Cl)c(N)c(C(F)(F)F)c3)OC(=O)N3CCC(N4CCc5ccccc5NC4=O)CC3)CC2)CC1. The van der Waals surface area contributed by atoms with E-state index in [0.29, 0.717) is 77.7 Å². The normalized spacial score (nSPS) is 19.1. The molecule has 3 fully saturated rings. The number of anilines is 2. The molecule has 3 N–H and O–H groups in total. The molecule has 0 spiro atoms. The zero-order valence-electron chi connectivity index (χ0n) is 36.4. The molecule has 0 saturated carbocycles. The number of alkyl halides is 3. The summed E-state index contributed by atoms with van der Waals surface area (Å²) in [5, 5.41) is 2.65. The summed E-state index contributed by atoms with van der Waals surface area (Å²) in [6, 6.07) is 9.23. The number of fused-ring (bicyclic) bond motifs is 1. The van der Waals surface area contributed by atoms with Crippen molar-refractivity contribution < 1.29 is 51.4 Å². The van der Waals surface area contributed by atoms with Crippen LogP contribution < -0.4 is 11.1 Å². The van der Waals surface area contributed by atoms with E-state index in [1.54, 1.807) is 37.5 Å². The number of carbonyl (C=O) groups excluding carboxylic acids is 5. The van der Waals surface area contributed by atoms with Crippen LogP contribution in [0.4, 0.5) is 38.9 Å². The summed E-state index contributed by atoms with van der Waals surface area (Å²) in [4.78, 5) is 75.4. The maximum Gasteiger partial charge on any atom is 0.418 e. The summed E-state index contributed by atoms with van der Waals surface area (Å²) in [6.07, 6.45) is -4.02. The number of likely N-dealkylation sites (tertiary alicyclic amines) is 3. The van der Waals surface area contributed by atoms with Crippen molar-refractivity contribution in [1.29, 1.82) is 0 Å². The maximum absolute atomic E-state index is 14.3. The number of carbonyl (C=O) groups is 5. The van der Waals surface area contributed by atoms with E-state index in [4.69, 9.17) is 31.5 Å². The predicted octanol–water partition coefficient (Wildman–Crippen LogP) is 6.80. The van der Waals surface area contributed by atoms with Crippen molar-refractivity contribution in [1.82, 2.24) is 24.5 Å². The number of esters is 1. The first-order valence-corrected chi connectivity index (χ1v) is 22.1. The Morgan fingerprint density at radius 1 is 0.905 bits per heavy atom. The van der Waals surface area contributed by atoms with Gasteiger partial charge in [-0.1, -0.05) is 29.8 Å². The smallest absolute Gasteiger partial charge is 0.418 e. The molecule has 0 unspecified atom stereocenters. The molecular weight excluding hydrogens is 847 g/mol. The topological polar surface area (TPSA) is 167 Å². The predicted molar refractivity (Wildman–Crippen MR) is 229 cm³/mol. The standard InChI is InChI=1S/C44H59ClF3N7O8/c1-5-61-42(60)55(27-37(56)63-43(2,3)4)32-13-17-51(18-14-32)30-11-19-52(20-12-30)39(57)36(26-28-24-33(44(46,47)48)38(49)34(45)25-28)62-41(59)53-21-15-31(16-22-53)54-23-10-29-8-6-7-9-35(29)50-40(54)58/h6-9,24-25,30-32,36H,5,10-23,26-27,49H2,1-4H3,(H,50,58)/t36-/m1/s1. The molecule has 6 rings (SSSR count). The van der Waals surface area contributed by atoms with Gasteiger partial charge in [-0.3, -0.25) is 14.5 Å². The lowest BCUT2D eigenvalue weighted by Gasteiger charge is -2.44. The molecule has 346 valence electrons. The van der Waals surface area contributed by atoms with Crippen LogP contribution in [-0.2, 0) is 42.8 Å². The molecular formula is C44H59ClF3N7O8. The van der Waals surface area contributed by atoms with E-state index < -0.39 is 53.2 Å². The fourth-order valence-corrected chi connectivity index (χ4v) is 9.24. The van der Waals surface area contributed by atoms with E-state index in [-0.39, 0.29) is 67.4 Å². The van der Waals surface area contributed by atoms with Gasteiger partial charge in [0.1, 0.15) is 12.1 Å². The quantitative estimate of drug-likeness (QED) is 0.147.